The second-order valence-electron chi connectivity index (χ2n) is 9.01. The molecule has 0 aromatic heterocycles. The van der Waals surface area contributed by atoms with Gasteiger partial charge in [0.2, 0.25) is 0 Å². The first-order chi connectivity index (χ1) is 17.4. The lowest BCUT2D eigenvalue weighted by atomic mass is 9.85. The van der Waals surface area contributed by atoms with Crippen molar-refractivity contribution in [2.75, 3.05) is 9.80 Å². The number of benzene rings is 4. The number of rotatable bonds is 4. The van der Waals surface area contributed by atoms with E-state index in [0.717, 1.165) is 24.0 Å². The van der Waals surface area contributed by atoms with Gasteiger partial charge in [-0.15, -0.1) is 0 Å². The maximum absolute atomic E-state index is 13.6. The van der Waals surface area contributed by atoms with Crippen LogP contribution in [0.15, 0.2) is 72.8 Å². The average molecular weight is 475 g/mol. The Balaban J connectivity index is 1.53. The van der Waals surface area contributed by atoms with Crippen LogP contribution < -0.4 is 9.80 Å². The fourth-order valence-corrected chi connectivity index (χ4v) is 5.17. The summed E-state index contributed by atoms with van der Waals surface area (Å²) < 4.78 is 0. The van der Waals surface area contributed by atoms with Crippen LogP contribution in [0.25, 0.3) is 10.8 Å². The van der Waals surface area contributed by atoms with Crippen LogP contribution in [-0.2, 0) is 12.8 Å². The molecule has 0 fully saturated rings. The Labute approximate surface area is 207 Å². The zero-order valence-electron chi connectivity index (χ0n) is 19.9. The van der Waals surface area contributed by atoms with Gasteiger partial charge in [-0.05, 0) is 72.5 Å². The molecule has 0 unspecified atom stereocenters. The molecule has 0 radical (unpaired) electrons. The highest BCUT2D eigenvalue weighted by atomic mass is 16.2. The third kappa shape index (κ3) is 2.97. The van der Waals surface area contributed by atoms with Gasteiger partial charge in [0, 0.05) is 33.0 Å². The molecule has 4 aromatic rings. The summed E-state index contributed by atoms with van der Waals surface area (Å²) in [7, 11) is 0. The largest absolute Gasteiger partial charge is 0.268 e. The molecule has 36 heavy (non-hydrogen) atoms. The highest BCUT2D eigenvalue weighted by Gasteiger charge is 2.40. The van der Waals surface area contributed by atoms with Gasteiger partial charge < -0.3 is 0 Å². The summed E-state index contributed by atoms with van der Waals surface area (Å²) in [4.78, 5) is 56.7. The molecule has 6 nitrogen and oxygen atoms in total. The smallest absolute Gasteiger partial charge is 0.265 e. The molecule has 2 aliphatic heterocycles. The van der Waals surface area contributed by atoms with Crippen molar-refractivity contribution in [1.82, 2.24) is 0 Å². The van der Waals surface area contributed by atoms with Gasteiger partial charge in [-0.25, -0.2) is 9.80 Å². The van der Waals surface area contributed by atoms with E-state index in [4.69, 9.17) is 0 Å². The van der Waals surface area contributed by atoms with E-state index in [9.17, 15) is 19.2 Å². The minimum atomic E-state index is -0.470. The van der Waals surface area contributed by atoms with Crippen LogP contribution in [0.1, 0.15) is 66.4 Å². The van der Waals surface area contributed by atoms with Crippen molar-refractivity contribution in [3.8, 4) is 0 Å². The van der Waals surface area contributed by atoms with Gasteiger partial charge in [0.1, 0.15) is 0 Å². The summed E-state index contributed by atoms with van der Waals surface area (Å²) in [5.74, 6) is -1.88. The van der Waals surface area contributed by atoms with Crippen LogP contribution in [-0.4, -0.2) is 23.6 Å². The van der Waals surface area contributed by atoms with E-state index in [2.05, 4.69) is 0 Å². The number of imide groups is 2. The van der Waals surface area contributed by atoms with Gasteiger partial charge in [0.15, 0.2) is 0 Å². The average Bonchev–Trinajstić information content (AvgIpc) is 2.91. The van der Waals surface area contributed by atoms with Crippen LogP contribution in [0.2, 0.25) is 0 Å². The van der Waals surface area contributed by atoms with Crippen molar-refractivity contribution in [3.05, 3.63) is 106 Å². The molecular formula is C30H22N2O4. The lowest BCUT2D eigenvalue weighted by molar-refractivity contribution is 0.0873. The first-order valence-corrected chi connectivity index (χ1v) is 12.0. The predicted molar refractivity (Wildman–Crippen MR) is 138 cm³/mol. The van der Waals surface area contributed by atoms with Gasteiger partial charge in [0.25, 0.3) is 23.6 Å². The van der Waals surface area contributed by atoms with Crippen molar-refractivity contribution in [2.45, 2.75) is 26.7 Å². The summed E-state index contributed by atoms with van der Waals surface area (Å²) in [5.41, 5.74) is 4.21. The highest BCUT2D eigenvalue weighted by molar-refractivity contribution is 6.42. The van der Waals surface area contributed by atoms with Gasteiger partial charge in [0.05, 0.1) is 11.4 Å². The maximum atomic E-state index is 13.6. The van der Waals surface area contributed by atoms with E-state index in [1.54, 1.807) is 36.4 Å². The second-order valence-corrected chi connectivity index (χ2v) is 9.01. The molecule has 0 N–H and O–H groups in total. The summed E-state index contributed by atoms with van der Waals surface area (Å²) in [6.07, 6.45) is 1.54. The van der Waals surface area contributed by atoms with Crippen molar-refractivity contribution < 1.29 is 19.2 Å². The van der Waals surface area contributed by atoms with Crippen LogP contribution >= 0.6 is 0 Å². The molecule has 0 saturated carbocycles. The van der Waals surface area contributed by atoms with Crippen molar-refractivity contribution in [2.24, 2.45) is 0 Å². The first kappa shape index (κ1) is 21.9. The van der Waals surface area contributed by atoms with Gasteiger partial charge in [-0.1, -0.05) is 38.1 Å². The summed E-state index contributed by atoms with van der Waals surface area (Å²) >= 11 is 0. The number of anilines is 2. The number of aryl methyl sites for hydroxylation is 2. The molecule has 6 heteroatoms. The number of hydrogen-bond acceptors (Lipinski definition) is 4. The number of carbonyl (C=O) groups is 4. The van der Waals surface area contributed by atoms with E-state index in [-0.39, 0.29) is 0 Å². The SMILES string of the molecule is CCc1cccc(N2C(=O)c3ccc4c5c(ccc(c35)C2=O)C(=O)N(c2cccc(CC)c2)C4=O)c1. The van der Waals surface area contributed by atoms with E-state index in [1.807, 2.05) is 50.2 Å². The molecule has 4 aromatic carbocycles. The van der Waals surface area contributed by atoms with Crippen molar-refractivity contribution in [3.63, 3.8) is 0 Å². The zero-order valence-corrected chi connectivity index (χ0v) is 19.9. The predicted octanol–water partition coefficient (Wildman–Crippen LogP) is 5.57. The Kier molecular flexibility index (Phi) is 4.86. The quantitative estimate of drug-likeness (QED) is 0.363. The number of amides is 4. The third-order valence-corrected chi connectivity index (χ3v) is 7.05. The molecule has 0 saturated heterocycles. The number of nitrogens with zero attached hydrogens (tertiary/aromatic N) is 2. The van der Waals surface area contributed by atoms with Crippen LogP contribution in [0, 0.1) is 0 Å². The molecule has 4 amide bonds. The highest BCUT2D eigenvalue weighted by Crippen LogP contribution is 2.40. The molecule has 6 rings (SSSR count). The van der Waals surface area contributed by atoms with E-state index in [1.165, 1.54) is 9.80 Å². The fourth-order valence-electron chi connectivity index (χ4n) is 5.17. The third-order valence-electron chi connectivity index (χ3n) is 7.05. The van der Waals surface area contributed by atoms with E-state index >= 15 is 0 Å². The summed E-state index contributed by atoms with van der Waals surface area (Å²) in [6.45, 7) is 4.01. The van der Waals surface area contributed by atoms with Crippen LogP contribution in [0.4, 0.5) is 11.4 Å². The van der Waals surface area contributed by atoms with E-state index < -0.39 is 23.6 Å². The van der Waals surface area contributed by atoms with Gasteiger partial charge >= 0.3 is 0 Å². The summed E-state index contributed by atoms with van der Waals surface area (Å²) in [5, 5.41) is 0.734. The molecule has 0 atom stereocenters. The lowest BCUT2D eigenvalue weighted by Gasteiger charge is -2.32. The molecular weight excluding hydrogens is 452 g/mol. The Hall–Kier alpha value is -4.58. The Morgan fingerprint density at radius 1 is 0.500 bits per heavy atom. The lowest BCUT2D eigenvalue weighted by Crippen LogP contribution is -2.43. The Morgan fingerprint density at radius 3 is 1.14 bits per heavy atom. The normalized spacial score (nSPS) is 14.7. The Bertz CT molecular complexity index is 1460. The molecule has 0 spiro atoms. The fraction of sp³-hybridized carbons (Fsp3) is 0.133. The van der Waals surface area contributed by atoms with Crippen LogP contribution in [0.5, 0.6) is 0 Å². The minimum Gasteiger partial charge on any atom is -0.268 e. The summed E-state index contributed by atoms with van der Waals surface area (Å²) in [6, 6.07) is 21.0. The molecule has 0 bridgehead atoms. The maximum Gasteiger partial charge on any atom is 0.265 e. The molecule has 0 aliphatic carbocycles. The molecule has 2 aliphatic rings. The minimum absolute atomic E-state index is 0.300. The van der Waals surface area contributed by atoms with Crippen molar-refractivity contribution in [1.29, 1.82) is 0 Å². The van der Waals surface area contributed by atoms with Crippen molar-refractivity contribution >= 4 is 45.8 Å². The van der Waals surface area contributed by atoms with Gasteiger partial charge in [-0.2, -0.15) is 0 Å². The standard InChI is InChI=1S/C30H22N2O4/c1-3-17-7-5-9-19(15-17)31-27(33)21-11-13-23-26-24(14-12-22(25(21)26)28(31)34)30(36)32(29(23)35)20-10-6-8-18(4-2)16-20/h5-16H,3-4H2,1-2H3. The topological polar surface area (TPSA) is 74.8 Å². The first-order valence-electron chi connectivity index (χ1n) is 12.0. The zero-order chi connectivity index (χ0) is 25.1. The number of hydrogen-bond donors (Lipinski definition) is 0. The van der Waals surface area contributed by atoms with Crippen LogP contribution in [0.3, 0.4) is 0 Å². The van der Waals surface area contributed by atoms with Gasteiger partial charge in [-0.3, -0.25) is 19.2 Å². The van der Waals surface area contributed by atoms with E-state index in [0.29, 0.717) is 44.4 Å². The Morgan fingerprint density at radius 2 is 0.833 bits per heavy atom. The monoisotopic (exact) mass is 474 g/mol. The molecule has 176 valence electrons. The molecule has 2 heterocycles. The second kappa shape index (κ2) is 7.99. The number of carbonyl (C=O) groups excluding carboxylic acids is 4.